The fourth-order valence-corrected chi connectivity index (χ4v) is 2.76. The SMILES string of the molecule is NC(Nc1cccc(Br)c1)c1cccc2ccccc12. The third-order valence-corrected chi connectivity index (χ3v) is 3.80. The van der Waals surface area contributed by atoms with Crippen molar-refractivity contribution in [3.63, 3.8) is 0 Å². The Hall–Kier alpha value is -1.84. The second kappa shape index (κ2) is 5.65. The van der Waals surface area contributed by atoms with Crippen LogP contribution >= 0.6 is 15.9 Å². The molecule has 1 atom stereocenters. The van der Waals surface area contributed by atoms with Crippen LogP contribution in [0.1, 0.15) is 11.7 Å². The average Bonchev–Trinajstić information content (AvgIpc) is 2.46. The predicted molar refractivity (Wildman–Crippen MR) is 88.6 cm³/mol. The summed E-state index contributed by atoms with van der Waals surface area (Å²) < 4.78 is 1.03. The lowest BCUT2D eigenvalue weighted by molar-refractivity contribution is 0.845. The molecule has 0 aliphatic rings. The molecule has 3 N–H and O–H groups in total. The molecule has 0 bridgehead atoms. The minimum Gasteiger partial charge on any atom is -0.366 e. The lowest BCUT2D eigenvalue weighted by Gasteiger charge is -2.18. The van der Waals surface area contributed by atoms with Crippen LogP contribution in [0.3, 0.4) is 0 Å². The molecule has 0 aliphatic heterocycles. The van der Waals surface area contributed by atoms with Gasteiger partial charge in [0.2, 0.25) is 0 Å². The quantitative estimate of drug-likeness (QED) is 0.686. The summed E-state index contributed by atoms with van der Waals surface area (Å²) in [6.07, 6.45) is -0.240. The number of nitrogens with two attached hydrogens (primary N) is 1. The first-order chi connectivity index (χ1) is 9.74. The predicted octanol–water partition coefficient (Wildman–Crippen LogP) is 4.67. The topological polar surface area (TPSA) is 38.0 Å². The maximum atomic E-state index is 6.32. The van der Waals surface area contributed by atoms with Crippen LogP contribution in [0.25, 0.3) is 10.8 Å². The van der Waals surface area contributed by atoms with Crippen LogP contribution in [0.5, 0.6) is 0 Å². The molecule has 1 unspecified atom stereocenters. The van der Waals surface area contributed by atoms with Crippen LogP contribution in [-0.2, 0) is 0 Å². The van der Waals surface area contributed by atoms with Crippen molar-refractivity contribution in [2.75, 3.05) is 5.32 Å². The molecule has 3 heteroatoms. The molecule has 20 heavy (non-hydrogen) atoms. The van der Waals surface area contributed by atoms with Gasteiger partial charge < -0.3 is 11.1 Å². The molecule has 0 heterocycles. The fraction of sp³-hybridized carbons (Fsp3) is 0.0588. The molecule has 3 aromatic rings. The van der Waals surface area contributed by atoms with Crippen molar-refractivity contribution in [1.82, 2.24) is 0 Å². The molecule has 0 saturated carbocycles. The summed E-state index contributed by atoms with van der Waals surface area (Å²) in [7, 11) is 0. The molecule has 100 valence electrons. The lowest BCUT2D eigenvalue weighted by atomic mass is 10.0. The van der Waals surface area contributed by atoms with Gasteiger partial charge in [-0.2, -0.15) is 0 Å². The largest absolute Gasteiger partial charge is 0.366 e. The lowest BCUT2D eigenvalue weighted by Crippen LogP contribution is -2.20. The van der Waals surface area contributed by atoms with Crippen molar-refractivity contribution in [2.45, 2.75) is 6.17 Å². The van der Waals surface area contributed by atoms with Gasteiger partial charge >= 0.3 is 0 Å². The second-order valence-corrected chi connectivity index (χ2v) is 5.62. The Labute approximate surface area is 126 Å². The van der Waals surface area contributed by atoms with E-state index in [0.717, 1.165) is 15.7 Å². The molecule has 0 amide bonds. The van der Waals surface area contributed by atoms with E-state index >= 15 is 0 Å². The molecular weight excluding hydrogens is 312 g/mol. The van der Waals surface area contributed by atoms with Crippen LogP contribution in [-0.4, -0.2) is 0 Å². The van der Waals surface area contributed by atoms with E-state index in [9.17, 15) is 0 Å². The van der Waals surface area contributed by atoms with Gasteiger partial charge in [0.05, 0.1) is 0 Å². The zero-order valence-electron chi connectivity index (χ0n) is 10.9. The molecule has 0 fully saturated rings. The summed E-state index contributed by atoms with van der Waals surface area (Å²) in [4.78, 5) is 0. The van der Waals surface area contributed by atoms with Gasteiger partial charge in [-0.15, -0.1) is 0 Å². The van der Waals surface area contributed by atoms with Crippen LogP contribution in [0.2, 0.25) is 0 Å². The molecule has 0 radical (unpaired) electrons. The zero-order chi connectivity index (χ0) is 13.9. The summed E-state index contributed by atoms with van der Waals surface area (Å²) in [6.45, 7) is 0. The molecule has 0 spiro atoms. The Balaban J connectivity index is 1.94. The van der Waals surface area contributed by atoms with Crippen LogP contribution in [0.4, 0.5) is 5.69 Å². The van der Waals surface area contributed by atoms with Gasteiger partial charge in [-0.3, -0.25) is 0 Å². The molecular formula is C17H15BrN2. The standard InChI is InChI=1S/C17H15BrN2/c18-13-7-4-8-14(11-13)20-17(19)16-10-3-6-12-5-1-2-9-15(12)16/h1-11,17,20H,19H2. The van der Waals surface area contributed by atoms with Gasteiger partial charge in [0, 0.05) is 10.2 Å². The van der Waals surface area contributed by atoms with Crippen molar-refractivity contribution in [3.05, 3.63) is 76.8 Å². The monoisotopic (exact) mass is 326 g/mol. The van der Waals surface area contributed by atoms with E-state index in [2.05, 4.69) is 45.5 Å². The molecule has 3 aromatic carbocycles. The first kappa shape index (κ1) is 13.2. The van der Waals surface area contributed by atoms with Crippen molar-refractivity contribution in [3.8, 4) is 0 Å². The minimum atomic E-state index is -0.240. The number of anilines is 1. The summed E-state index contributed by atoms with van der Waals surface area (Å²) >= 11 is 3.47. The smallest absolute Gasteiger partial charge is 0.101 e. The summed E-state index contributed by atoms with van der Waals surface area (Å²) in [5.74, 6) is 0. The molecule has 0 aliphatic carbocycles. The van der Waals surface area contributed by atoms with Crippen molar-refractivity contribution in [1.29, 1.82) is 0 Å². The Morgan fingerprint density at radius 1 is 0.900 bits per heavy atom. The van der Waals surface area contributed by atoms with E-state index in [-0.39, 0.29) is 6.17 Å². The number of nitrogens with one attached hydrogen (secondary N) is 1. The second-order valence-electron chi connectivity index (χ2n) is 4.70. The maximum Gasteiger partial charge on any atom is 0.101 e. The van der Waals surface area contributed by atoms with E-state index < -0.39 is 0 Å². The van der Waals surface area contributed by atoms with Crippen LogP contribution < -0.4 is 11.1 Å². The molecule has 0 saturated heterocycles. The van der Waals surface area contributed by atoms with E-state index in [0.29, 0.717) is 0 Å². The van der Waals surface area contributed by atoms with E-state index in [1.807, 2.05) is 42.5 Å². The highest BCUT2D eigenvalue weighted by Crippen LogP contribution is 2.25. The molecule has 2 nitrogen and oxygen atoms in total. The van der Waals surface area contributed by atoms with Crippen molar-refractivity contribution >= 4 is 32.4 Å². The number of hydrogen-bond donors (Lipinski definition) is 2. The van der Waals surface area contributed by atoms with Crippen LogP contribution in [0.15, 0.2) is 71.2 Å². The van der Waals surface area contributed by atoms with Gasteiger partial charge in [0.25, 0.3) is 0 Å². The Morgan fingerprint density at radius 2 is 1.65 bits per heavy atom. The third kappa shape index (κ3) is 2.69. The first-order valence-electron chi connectivity index (χ1n) is 6.49. The first-order valence-corrected chi connectivity index (χ1v) is 7.29. The number of rotatable bonds is 3. The molecule has 0 aromatic heterocycles. The Morgan fingerprint density at radius 3 is 2.50 bits per heavy atom. The number of halogens is 1. The van der Waals surface area contributed by atoms with Gasteiger partial charge in [-0.25, -0.2) is 0 Å². The highest BCUT2D eigenvalue weighted by atomic mass is 79.9. The van der Waals surface area contributed by atoms with Gasteiger partial charge in [-0.1, -0.05) is 64.5 Å². The zero-order valence-corrected chi connectivity index (χ0v) is 12.5. The van der Waals surface area contributed by atoms with Crippen molar-refractivity contribution in [2.24, 2.45) is 5.73 Å². The van der Waals surface area contributed by atoms with E-state index in [1.165, 1.54) is 10.8 Å². The highest BCUT2D eigenvalue weighted by Gasteiger charge is 2.09. The third-order valence-electron chi connectivity index (χ3n) is 3.31. The van der Waals surface area contributed by atoms with E-state index in [1.54, 1.807) is 0 Å². The number of fused-ring (bicyclic) bond motifs is 1. The maximum absolute atomic E-state index is 6.32. The van der Waals surface area contributed by atoms with Gasteiger partial charge in [0.15, 0.2) is 0 Å². The van der Waals surface area contributed by atoms with Gasteiger partial charge in [0.1, 0.15) is 6.17 Å². The average molecular weight is 327 g/mol. The Kier molecular flexibility index (Phi) is 3.72. The Bertz CT molecular complexity index is 734. The summed E-state index contributed by atoms with van der Waals surface area (Å²) in [5.41, 5.74) is 8.42. The minimum absolute atomic E-state index is 0.240. The number of benzene rings is 3. The number of hydrogen-bond acceptors (Lipinski definition) is 2. The van der Waals surface area contributed by atoms with Gasteiger partial charge in [-0.05, 0) is 34.5 Å². The summed E-state index contributed by atoms with van der Waals surface area (Å²) in [5, 5.41) is 5.73. The summed E-state index contributed by atoms with van der Waals surface area (Å²) in [6, 6.07) is 22.5. The van der Waals surface area contributed by atoms with E-state index in [4.69, 9.17) is 5.73 Å². The fourth-order valence-electron chi connectivity index (χ4n) is 2.36. The normalized spacial score (nSPS) is 12.3. The van der Waals surface area contributed by atoms with Crippen molar-refractivity contribution < 1.29 is 0 Å². The highest BCUT2D eigenvalue weighted by molar-refractivity contribution is 9.10. The van der Waals surface area contributed by atoms with Crippen LogP contribution in [0, 0.1) is 0 Å². The molecule has 3 rings (SSSR count).